The maximum Gasteiger partial charge on any atom is 0.249 e. The molecular weight excluding hydrogens is 242 g/mol. The van der Waals surface area contributed by atoms with E-state index in [1.807, 2.05) is 0 Å². The Kier molecular flexibility index (Phi) is 3.85. The van der Waals surface area contributed by atoms with Crippen LogP contribution in [0.3, 0.4) is 0 Å². The van der Waals surface area contributed by atoms with Crippen molar-refractivity contribution in [3.63, 3.8) is 0 Å². The number of hydrogen-bond acceptors (Lipinski definition) is 3. The molecule has 1 aromatic rings. The molecule has 1 aliphatic heterocycles. The van der Waals surface area contributed by atoms with Gasteiger partial charge in [0.15, 0.2) is 0 Å². The van der Waals surface area contributed by atoms with Crippen molar-refractivity contribution in [3.8, 4) is 0 Å². The lowest BCUT2D eigenvalue weighted by molar-refractivity contribution is -0.118. The van der Waals surface area contributed by atoms with E-state index in [1.54, 1.807) is 25.1 Å². The van der Waals surface area contributed by atoms with Crippen LogP contribution in [0, 0.1) is 12.8 Å². The van der Waals surface area contributed by atoms with Crippen molar-refractivity contribution in [1.29, 1.82) is 0 Å². The first-order chi connectivity index (χ1) is 9.00. The maximum atomic E-state index is 12.2. The summed E-state index contributed by atoms with van der Waals surface area (Å²) in [6.07, 6.45) is 0.998. The summed E-state index contributed by atoms with van der Waals surface area (Å²) in [5, 5.41) is 6.05. The van der Waals surface area contributed by atoms with E-state index < -0.39 is 5.91 Å². The lowest BCUT2D eigenvalue weighted by atomic mass is 10.0. The van der Waals surface area contributed by atoms with E-state index in [2.05, 4.69) is 17.6 Å². The molecule has 1 aliphatic rings. The molecule has 5 heteroatoms. The molecule has 2 amide bonds. The Morgan fingerprint density at radius 2 is 2.16 bits per heavy atom. The summed E-state index contributed by atoms with van der Waals surface area (Å²) in [4.78, 5) is 23.4. The van der Waals surface area contributed by atoms with Crippen molar-refractivity contribution in [2.24, 2.45) is 11.7 Å². The lowest BCUT2D eigenvalue weighted by Gasteiger charge is -2.17. The number of nitrogens with two attached hydrogens (primary N) is 1. The lowest BCUT2D eigenvalue weighted by Crippen LogP contribution is -2.39. The van der Waals surface area contributed by atoms with Crippen LogP contribution >= 0.6 is 0 Å². The molecule has 0 radical (unpaired) electrons. The fraction of sp³-hybridized carbons (Fsp3) is 0.429. The van der Waals surface area contributed by atoms with Gasteiger partial charge in [-0.25, -0.2) is 0 Å². The number of nitrogens with one attached hydrogen (secondary N) is 2. The van der Waals surface area contributed by atoms with Gasteiger partial charge in [-0.05, 0) is 43.5 Å². The molecule has 1 fully saturated rings. The molecular formula is C14H19N3O2. The van der Waals surface area contributed by atoms with Crippen molar-refractivity contribution in [1.82, 2.24) is 5.32 Å². The summed E-state index contributed by atoms with van der Waals surface area (Å²) in [6, 6.07) is 4.98. The summed E-state index contributed by atoms with van der Waals surface area (Å²) >= 11 is 0. The maximum absolute atomic E-state index is 12.2. The number of amides is 2. The van der Waals surface area contributed by atoms with Crippen molar-refractivity contribution < 1.29 is 9.59 Å². The zero-order chi connectivity index (χ0) is 14.0. The highest BCUT2D eigenvalue weighted by Gasteiger charge is 2.29. The fourth-order valence-electron chi connectivity index (χ4n) is 2.43. The zero-order valence-electron chi connectivity index (χ0n) is 11.2. The third kappa shape index (κ3) is 2.76. The molecule has 1 saturated heterocycles. The van der Waals surface area contributed by atoms with E-state index in [0.717, 1.165) is 13.0 Å². The molecule has 0 aromatic heterocycles. The highest BCUT2D eigenvalue weighted by Crippen LogP contribution is 2.21. The Morgan fingerprint density at radius 1 is 1.42 bits per heavy atom. The molecule has 1 heterocycles. The number of anilines is 1. The molecule has 2 unspecified atom stereocenters. The third-order valence-corrected chi connectivity index (χ3v) is 3.67. The normalized spacial score (nSPS) is 22.2. The predicted octanol–water partition coefficient (Wildman–Crippen LogP) is 1.03. The molecule has 0 aliphatic carbocycles. The van der Waals surface area contributed by atoms with Crippen LogP contribution in [-0.2, 0) is 4.79 Å². The number of hydrogen-bond donors (Lipinski definition) is 3. The molecule has 19 heavy (non-hydrogen) atoms. The van der Waals surface area contributed by atoms with Gasteiger partial charge in [0, 0.05) is 11.3 Å². The Morgan fingerprint density at radius 3 is 2.74 bits per heavy atom. The van der Waals surface area contributed by atoms with E-state index in [0.29, 0.717) is 22.7 Å². The topological polar surface area (TPSA) is 84.2 Å². The van der Waals surface area contributed by atoms with Crippen molar-refractivity contribution >= 4 is 17.5 Å². The molecule has 5 nitrogen and oxygen atoms in total. The van der Waals surface area contributed by atoms with Gasteiger partial charge in [-0.2, -0.15) is 0 Å². The minimum absolute atomic E-state index is 0.0604. The first-order valence-electron chi connectivity index (χ1n) is 6.44. The van der Waals surface area contributed by atoms with E-state index in [4.69, 9.17) is 5.73 Å². The summed E-state index contributed by atoms with van der Waals surface area (Å²) < 4.78 is 0. The molecule has 2 atom stereocenters. The van der Waals surface area contributed by atoms with Crippen molar-refractivity contribution in [2.45, 2.75) is 26.3 Å². The Labute approximate surface area is 112 Å². The van der Waals surface area contributed by atoms with E-state index in [1.165, 1.54) is 0 Å². The van der Waals surface area contributed by atoms with Gasteiger partial charge in [-0.3, -0.25) is 9.59 Å². The van der Waals surface area contributed by atoms with Gasteiger partial charge < -0.3 is 16.4 Å². The Balaban J connectivity index is 2.17. The first kappa shape index (κ1) is 13.5. The Bertz CT molecular complexity index is 513. The molecule has 102 valence electrons. The average molecular weight is 261 g/mol. The summed E-state index contributed by atoms with van der Waals surface area (Å²) in [6.45, 7) is 4.69. The molecule has 0 saturated carbocycles. The SMILES string of the molecule is Cc1c(NC(=O)C2NCCC2C)cccc1C(N)=O. The summed E-state index contributed by atoms with van der Waals surface area (Å²) in [5.74, 6) is -0.227. The molecule has 2 rings (SSSR count). The quantitative estimate of drug-likeness (QED) is 0.759. The monoisotopic (exact) mass is 261 g/mol. The predicted molar refractivity (Wildman–Crippen MR) is 73.9 cm³/mol. The fourth-order valence-corrected chi connectivity index (χ4v) is 2.43. The van der Waals surface area contributed by atoms with Crippen molar-refractivity contribution in [2.75, 3.05) is 11.9 Å². The van der Waals surface area contributed by atoms with Gasteiger partial charge >= 0.3 is 0 Å². The van der Waals surface area contributed by atoms with Crippen molar-refractivity contribution in [3.05, 3.63) is 29.3 Å². The zero-order valence-corrected chi connectivity index (χ0v) is 11.2. The number of benzene rings is 1. The second-order valence-corrected chi connectivity index (χ2v) is 5.03. The van der Waals surface area contributed by atoms with Gasteiger partial charge in [0.05, 0.1) is 6.04 Å². The van der Waals surface area contributed by atoms with Crippen LogP contribution in [-0.4, -0.2) is 24.4 Å². The van der Waals surface area contributed by atoms with Gasteiger partial charge in [0.25, 0.3) is 0 Å². The first-order valence-corrected chi connectivity index (χ1v) is 6.44. The molecule has 0 spiro atoms. The number of carbonyl (C=O) groups excluding carboxylic acids is 2. The van der Waals surface area contributed by atoms with E-state index >= 15 is 0 Å². The largest absolute Gasteiger partial charge is 0.366 e. The molecule has 0 bridgehead atoms. The second-order valence-electron chi connectivity index (χ2n) is 5.03. The van der Waals surface area contributed by atoms with E-state index in [9.17, 15) is 9.59 Å². The highest BCUT2D eigenvalue weighted by atomic mass is 16.2. The minimum Gasteiger partial charge on any atom is -0.366 e. The van der Waals surface area contributed by atoms with Crippen LogP contribution in [0.15, 0.2) is 18.2 Å². The van der Waals surface area contributed by atoms with Crippen LogP contribution in [0.25, 0.3) is 0 Å². The van der Waals surface area contributed by atoms with Crippen LogP contribution in [0.4, 0.5) is 5.69 Å². The van der Waals surface area contributed by atoms with Gasteiger partial charge in [-0.15, -0.1) is 0 Å². The van der Waals surface area contributed by atoms with Crippen LogP contribution in [0.2, 0.25) is 0 Å². The van der Waals surface area contributed by atoms with E-state index in [-0.39, 0.29) is 11.9 Å². The van der Waals surface area contributed by atoms with Gasteiger partial charge in [0.2, 0.25) is 11.8 Å². The number of rotatable bonds is 3. The van der Waals surface area contributed by atoms with Gasteiger partial charge in [-0.1, -0.05) is 13.0 Å². The van der Waals surface area contributed by atoms with Crippen LogP contribution < -0.4 is 16.4 Å². The summed E-state index contributed by atoms with van der Waals surface area (Å²) in [5.41, 5.74) is 7.07. The van der Waals surface area contributed by atoms with Gasteiger partial charge in [0.1, 0.15) is 0 Å². The third-order valence-electron chi connectivity index (χ3n) is 3.67. The Hall–Kier alpha value is -1.88. The number of primary amides is 1. The standard InChI is InChI=1S/C14H19N3O2/c1-8-6-7-16-12(8)14(19)17-11-5-3-4-10(9(11)2)13(15)18/h3-5,8,12,16H,6-7H2,1-2H3,(H2,15,18)(H,17,19). The number of carbonyl (C=O) groups is 2. The molecule has 1 aromatic carbocycles. The smallest absolute Gasteiger partial charge is 0.249 e. The highest BCUT2D eigenvalue weighted by molar-refractivity contribution is 6.00. The average Bonchev–Trinajstić information content (AvgIpc) is 2.77. The minimum atomic E-state index is -0.485. The second kappa shape index (κ2) is 5.40. The molecule has 4 N–H and O–H groups in total. The van der Waals surface area contributed by atoms with Crippen LogP contribution in [0.5, 0.6) is 0 Å². The summed E-state index contributed by atoms with van der Waals surface area (Å²) in [7, 11) is 0. The van der Waals surface area contributed by atoms with Crippen LogP contribution in [0.1, 0.15) is 29.3 Å².